The van der Waals surface area contributed by atoms with Crippen LogP contribution in [0.15, 0.2) is 60.7 Å². The summed E-state index contributed by atoms with van der Waals surface area (Å²) in [7, 11) is 0. The molecule has 1 aliphatic heterocycles. The minimum Gasteiger partial charge on any atom is -0.349 e. The summed E-state index contributed by atoms with van der Waals surface area (Å²) in [5.41, 5.74) is 2.49. The summed E-state index contributed by atoms with van der Waals surface area (Å²) in [6, 6.07) is 21.1. The van der Waals surface area contributed by atoms with Crippen LogP contribution in [0.25, 0.3) is 0 Å². The maximum absolute atomic E-state index is 5.80. The fourth-order valence-electron chi connectivity index (χ4n) is 2.79. The molecule has 1 aliphatic rings. The van der Waals surface area contributed by atoms with E-state index in [4.69, 9.17) is 9.47 Å². The van der Waals surface area contributed by atoms with E-state index >= 15 is 0 Å². The lowest BCUT2D eigenvalue weighted by atomic mass is 9.98. The van der Waals surface area contributed by atoms with Gasteiger partial charge in [-0.2, -0.15) is 0 Å². The van der Waals surface area contributed by atoms with Crippen molar-refractivity contribution in [2.45, 2.75) is 25.2 Å². The third-order valence-corrected chi connectivity index (χ3v) is 4.00. The van der Waals surface area contributed by atoms with Crippen LogP contribution in [0.3, 0.4) is 0 Å². The van der Waals surface area contributed by atoms with E-state index in [1.165, 1.54) is 11.1 Å². The molecule has 3 rings (SSSR count). The van der Waals surface area contributed by atoms with Gasteiger partial charge in [-0.3, -0.25) is 0 Å². The smallest absolute Gasteiger partial charge is 0.177 e. The van der Waals surface area contributed by atoms with Crippen LogP contribution < -0.4 is 5.32 Å². The van der Waals surface area contributed by atoms with E-state index in [-0.39, 0.29) is 6.04 Å². The molecule has 0 unspecified atom stereocenters. The highest BCUT2D eigenvalue weighted by Gasteiger charge is 2.30. The predicted octanol–water partition coefficient (Wildman–Crippen LogP) is 3.52. The molecule has 0 atom stereocenters. The lowest BCUT2D eigenvalue weighted by Gasteiger charge is -2.35. The van der Waals surface area contributed by atoms with Crippen molar-refractivity contribution < 1.29 is 9.47 Å². The van der Waals surface area contributed by atoms with Crippen molar-refractivity contribution in [3.63, 3.8) is 0 Å². The highest BCUT2D eigenvalue weighted by Crippen LogP contribution is 2.24. The molecule has 2 aromatic carbocycles. The fraction of sp³-hybridized carbons (Fsp3) is 0.368. The Morgan fingerprint density at radius 1 is 0.909 bits per heavy atom. The van der Waals surface area contributed by atoms with Gasteiger partial charge in [0.15, 0.2) is 5.79 Å². The monoisotopic (exact) mass is 297 g/mol. The Morgan fingerprint density at radius 3 is 1.91 bits per heavy atom. The summed E-state index contributed by atoms with van der Waals surface area (Å²) >= 11 is 0. The Morgan fingerprint density at radius 2 is 1.41 bits per heavy atom. The van der Waals surface area contributed by atoms with E-state index in [0.29, 0.717) is 6.54 Å². The van der Waals surface area contributed by atoms with E-state index in [9.17, 15) is 0 Å². The zero-order chi connectivity index (χ0) is 15.3. The van der Waals surface area contributed by atoms with Crippen LogP contribution in [0.1, 0.15) is 30.5 Å². The van der Waals surface area contributed by atoms with Gasteiger partial charge in [-0.1, -0.05) is 60.7 Å². The van der Waals surface area contributed by atoms with Crippen LogP contribution in [0.2, 0.25) is 0 Å². The lowest BCUT2D eigenvalue weighted by Crippen LogP contribution is -2.47. The Bertz CT molecular complexity index is 525. The Kier molecular flexibility index (Phi) is 4.88. The van der Waals surface area contributed by atoms with Crippen LogP contribution >= 0.6 is 0 Å². The van der Waals surface area contributed by atoms with Gasteiger partial charge in [0.25, 0.3) is 0 Å². The van der Waals surface area contributed by atoms with Crippen molar-refractivity contribution in [1.82, 2.24) is 5.32 Å². The maximum atomic E-state index is 5.80. The maximum Gasteiger partial charge on any atom is 0.177 e. The molecular weight excluding hydrogens is 274 g/mol. The molecule has 0 saturated carbocycles. The first kappa shape index (κ1) is 15.2. The van der Waals surface area contributed by atoms with Crippen LogP contribution in [0.5, 0.6) is 0 Å². The zero-order valence-corrected chi connectivity index (χ0v) is 13.0. The van der Waals surface area contributed by atoms with Crippen molar-refractivity contribution in [2.24, 2.45) is 0 Å². The van der Waals surface area contributed by atoms with Crippen LogP contribution in [0.4, 0.5) is 0 Å². The van der Waals surface area contributed by atoms with Gasteiger partial charge in [-0.15, -0.1) is 0 Å². The Hall–Kier alpha value is -1.68. The molecule has 0 amide bonds. The van der Waals surface area contributed by atoms with E-state index in [1.807, 2.05) is 19.1 Å². The Balaban J connectivity index is 1.77. The molecular formula is C19H23NO2. The number of hydrogen-bond acceptors (Lipinski definition) is 3. The predicted molar refractivity (Wildman–Crippen MR) is 87.7 cm³/mol. The standard InChI is InChI=1S/C19H23NO2/c1-19(21-13-8-14-22-19)15-20-18(16-9-4-2-5-10-16)17-11-6-3-7-12-17/h2-7,9-12,18,20H,8,13-15H2,1H3. The molecule has 0 spiro atoms. The third kappa shape index (κ3) is 3.74. The molecule has 0 radical (unpaired) electrons. The molecule has 0 bridgehead atoms. The molecule has 3 nitrogen and oxygen atoms in total. The van der Waals surface area contributed by atoms with E-state index in [1.54, 1.807) is 0 Å². The van der Waals surface area contributed by atoms with Crippen molar-refractivity contribution in [3.05, 3.63) is 71.8 Å². The minimum absolute atomic E-state index is 0.133. The van der Waals surface area contributed by atoms with Crippen LogP contribution in [-0.2, 0) is 9.47 Å². The topological polar surface area (TPSA) is 30.5 Å². The second kappa shape index (κ2) is 7.05. The first-order chi connectivity index (χ1) is 10.8. The van der Waals surface area contributed by atoms with Gasteiger partial charge < -0.3 is 14.8 Å². The van der Waals surface area contributed by atoms with Gasteiger partial charge in [0, 0.05) is 0 Å². The number of rotatable bonds is 5. The van der Waals surface area contributed by atoms with Crippen molar-refractivity contribution in [2.75, 3.05) is 19.8 Å². The molecule has 2 aromatic rings. The third-order valence-electron chi connectivity index (χ3n) is 4.00. The largest absolute Gasteiger partial charge is 0.349 e. The van der Waals surface area contributed by atoms with E-state index < -0.39 is 5.79 Å². The molecule has 22 heavy (non-hydrogen) atoms. The lowest BCUT2D eigenvalue weighted by molar-refractivity contribution is -0.252. The van der Waals surface area contributed by atoms with Crippen molar-refractivity contribution in [3.8, 4) is 0 Å². The summed E-state index contributed by atoms with van der Waals surface area (Å²) in [5.74, 6) is -0.542. The normalized spacial score (nSPS) is 17.5. The van der Waals surface area contributed by atoms with Gasteiger partial charge in [-0.05, 0) is 24.5 Å². The second-order valence-corrected chi connectivity index (χ2v) is 5.82. The van der Waals surface area contributed by atoms with Crippen molar-refractivity contribution in [1.29, 1.82) is 0 Å². The average molecular weight is 297 g/mol. The SMILES string of the molecule is CC1(CNC(c2ccccc2)c2ccccc2)OCCCO1. The van der Waals surface area contributed by atoms with E-state index in [0.717, 1.165) is 19.6 Å². The first-order valence-electron chi connectivity index (χ1n) is 7.88. The quantitative estimate of drug-likeness (QED) is 0.916. The molecule has 0 aromatic heterocycles. The molecule has 1 saturated heterocycles. The zero-order valence-electron chi connectivity index (χ0n) is 13.0. The summed E-state index contributed by atoms with van der Waals surface area (Å²) < 4.78 is 11.6. The number of ether oxygens (including phenoxy) is 2. The fourth-order valence-corrected chi connectivity index (χ4v) is 2.79. The number of hydrogen-bond donors (Lipinski definition) is 1. The van der Waals surface area contributed by atoms with Crippen LogP contribution in [0, 0.1) is 0 Å². The van der Waals surface area contributed by atoms with Gasteiger partial charge in [0.2, 0.25) is 0 Å². The van der Waals surface area contributed by atoms with Gasteiger partial charge >= 0.3 is 0 Å². The first-order valence-corrected chi connectivity index (χ1v) is 7.88. The highest BCUT2D eigenvalue weighted by molar-refractivity contribution is 5.31. The average Bonchev–Trinajstić information content (AvgIpc) is 2.58. The Labute approximate surface area is 132 Å². The van der Waals surface area contributed by atoms with E-state index in [2.05, 4.69) is 53.8 Å². The molecule has 1 heterocycles. The second-order valence-electron chi connectivity index (χ2n) is 5.82. The summed E-state index contributed by atoms with van der Waals surface area (Å²) in [6.07, 6.45) is 0.969. The summed E-state index contributed by atoms with van der Waals surface area (Å²) in [4.78, 5) is 0. The summed E-state index contributed by atoms with van der Waals surface area (Å²) in [5, 5.41) is 3.61. The van der Waals surface area contributed by atoms with Gasteiger partial charge in [0.05, 0.1) is 25.8 Å². The molecule has 3 heteroatoms. The summed E-state index contributed by atoms with van der Waals surface area (Å²) in [6.45, 7) is 4.19. The number of nitrogens with one attached hydrogen (secondary N) is 1. The molecule has 1 N–H and O–H groups in total. The molecule has 0 aliphatic carbocycles. The molecule has 1 fully saturated rings. The van der Waals surface area contributed by atoms with Gasteiger partial charge in [-0.25, -0.2) is 0 Å². The minimum atomic E-state index is -0.542. The highest BCUT2D eigenvalue weighted by atomic mass is 16.7. The number of benzene rings is 2. The van der Waals surface area contributed by atoms with Crippen molar-refractivity contribution >= 4 is 0 Å². The molecule has 116 valence electrons. The van der Waals surface area contributed by atoms with Crippen LogP contribution in [-0.4, -0.2) is 25.5 Å². The van der Waals surface area contributed by atoms with Gasteiger partial charge in [0.1, 0.15) is 0 Å².